The molecule has 2 aromatic rings. The maximum absolute atomic E-state index is 13.5. The topological polar surface area (TPSA) is 94.2 Å². The largest absolute Gasteiger partial charge is 0.379 e. The number of ether oxygens (including phenoxy) is 1. The second-order valence-electron chi connectivity index (χ2n) is 11.4. The van der Waals surface area contributed by atoms with Crippen LogP contribution in [0.4, 0.5) is 11.4 Å². The molecule has 0 saturated carbocycles. The van der Waals surface area contributed by atoms with Gasteiger partial charge in [-0.15, -0.1) is 0 Å². The average Bonchev–Trinajstić information content (AvgIpc) is 3.00. The molecule has 2 aliphatic heterocycles. The zero-order valence-electron chi connectivity index (χ0n) is 25.2. The molecule has 2 aromatic carbocycles. The van der Waals surface area contributed by atoms with Gasteiger partial charge >= 0.3 is 0 Å². The average molecular weight is 600 g/mol. The predicted molar refractivity (Wildman–Crippen MR) is 171 cm³/mol. The lowest BCUT2D eigenvalue weighted by molar-refractivity contribution is 0.0383. The van der Waals surface area contributed by atoms with Crippen LogP contribution in [0, 0.1) is 0 Å². The number of unbranched alkanes of at least 4 members (excludes halogenated alkanes) is 5. The summed E-state index contributed by atoms with van der Waals surface area (Å²) in [5.41, 5.74) is 3.08. The Morgan fingerprint density at radius 2 is 1.57 bits per heavy atom. The minimum atomic E-state index is -3.50. The summed E-state index contributed by atoms with van der Waals surface area (Å²) in [5, 5.41) is 3.08. The molecule has 0 aliphatic carbocycles. The number of carbonyl (C=O) groups is 1. The highest BCUT2D eigenvalue weighted by molar-refractivity contribution is 7.92. The SMILES string of the molecule is CCCCCCCCS(=O)(=O)Nc1ccc(N2CCN(Cc3ccccc3)CC2)c(C(=O)NCCN2CCOCC2)c1. The number of morpholine rings is 1. The molecule has 0 radical (unpaired) electrons. The normalized spacial score (nSPS) is 16.8. The minimum Gasteiger partial charge on any atom is -0.379 e. The van der Waals surface area contributed by atoms with Crippen LogP contribution in [-0.2, 0) is 21.3 Å². The number of hydrogen-bond donors (Lipinski definition) is 2. The Morgan fingerprint density at radius 3 is 2.31 bits per heavy atom. The zero-order valence-corrected chi connectivity index (χ0v) is 26.0. The first-order chi connectivity index (χ1) is 20.4. The first-order valence-electron chi connectivity index (χ1n) is 15.7. The van der Waals surface area contributed by atoms with Gasteiger partial charge in [-0.25, -0.2) is 8.42 Å². The van der Waals surface area contributed by atoms with Crippen molar-refractivity contribution in [3.63, 3.8) is 0 Å². The Hall–Kier alpha value is -2.66. The second kappa shape index (κ2) is 16.8. The number of sulfonamides is 1. The molecule has 4 rings (SSSR count). The summed E-state index contributed by atoms with van der Waals surface area (Å²) in [6.07, 6.45) is 6.12. The first-order valence-corrected chi connectivity index (χ1v) is 17.3. The first kappa shape index (κ1) is 32.3. The van der Waals surface area contributed by atoms with Gasteiger partial charge in [-0.2, -0.15) is 0 Å². The fraction of sp³-hybridized carbons (Fsp3) is 0.594. The molecule has 2 fully saturated rings. The smallest absolute Gasteiger partial charge is 0.253 e. The summed E-state index contributed by atoms with van der Waals surface area (Å²) in [5.74, 6) is -0.0901. The predicted octanol–water partition coefficient (Wildman–Crippen LogP) is 4.17. The molecular weight excluding hydrogens is 550 g/mol. The molecule has 0 bridgehead atoms. The third-order valence-electron chi connectivity index (χ3n) is 8.06. The van der Waals surface area contributed by atoms with Crippen molar-refractivity contribution >= 4 is 27.3 Å². The number of anilines is 2. The fourth-order valence-corrected chi connectivity index (χ4v) is 6.77. The van der Waals surface area contributed by atoms with Crippen LogP contribution in [0.1, 0.15) is 61.4 Å². The number of hydrogen-bond acceptors (Lipinski definition) is 7. The highest BCUT2D eigenvalue weighted by Gasteiger charge is 2.23. The van der Waals surface area contributed by atoms with E-state index in [0.717, 1.165) is 90.5 Å². The van der Waals surface area contributed by atoms with Gasteiger partial charge in [0.2, 0.25) is 10.0 Å². The van der Waals surface area contributed by atoms with Gasteiger partial charge in [-0.1, -0.05) is 69.4 Å². The Kier molecular flexibility index (Phi) is 12.9. The Labute approximate surface area is 252 Å². The molecule has 2 heterocycles. The number of piperazine rings is 1. The molecule has 2 aliphatic rings. The van der Waals surface area contributed by atoms with E-state index in [0.29, 0.717) is 24.2 Å². The molecular formula is C32H49N5O4S. The molecule has 9 nitrogen and oxygen atoms in total. The van der Waals surface area contributed by atoms with Gasteiger partial charge in [0, 0.05) is 70.3 Å². The number of nitrogens with one attached hydrogen (secondary N) is 2. The van der Waals surface area contributed by atoms with Crippen LogP contribution in [0.5, 0.6) is 0 Å². The van der Waals surface area contributed by atoms with Crippen molar-refractivity contribution < 1.29 is 17.9 Å². The molecule has 0 aromatic heterocycles. The summed E-state index contributed by atoms with van der Waals surface area (Å²) in [4.78, 5) is 20.5. The van der Waals surface area contributed by atoms with Crippen molar-refractivity contribution in [2.24, 2.45) is 0 Å². The van der Waals surface area contributed by atoms with Crippen molar-refractivity contribution in [2.75, 3.05) is 80.9 Å². The maximum Gasteiger partial charge on any atom is 0.253 e. The molecule has 1 amide bonds. The van der Waals surface area contributed by atoms with Gasteiger partial charge < -0.3 is 15.0 Å². The quantitative estimate of drug-likeness (QED) is 0.280. The maximum atomic E-state index is 13.5. The van der Waals surface area contributed by atoms with Crippen molar-refractivity contribution in [3.05, 3.63) is 59.7 Å². The highest BCUT2D eigenvalue weighted by Crippen LogP contribution is 2.27. The van der Waals surface area contributed by atoms with Gasteiger partial charge in [0.15, 0.2) is 0 Å². The van der Waals surface area contributed by atoms with Crippen LogP contribution in [-0.4, -0.2) is 95.4 Å². The second-order valence-corrected chi connectivity index (χ2v) is 13.2. The number of nitrogens with zero attached hydrogens (tertiary/aromatic N) is 3. The van der Waals surface area contributed by atoms with Crippen LogP contribution < -0.4 is 14.9 Å². The number of amides is 1. The van der Waals surface area contributed by atoms with E-state index < -0.39 is 10.0 Å². The summed E-state index contributed by atoms with van der Waals surface area (Å²) >= 11 is 0. The monoisotopic (exact) mass is 599 g/mol. The molecule has 2 N–H and O–H groups in total. The zero-order chi connectivity index (χ0) is 29.6. The van der Waals surface area contributed by atoms with Crippen LogP contribution in [0.3, 0.4) is 0 Å². The van der Waals surface area contributed by atoms with Gasteiger partial charge in [-0.05, 0) is 30.2 Å². The van der Waals surface area contributed by atoms with Crippen LogP contribution >= 0.6 is 0 Å². The van der Waals surface area contributed by atoms with E-state index in [4.69, 9.17) is 4.74 Å². The van der Waals surface area contributed by atoms with Crippen molar-refractivity contribution in [2.45, 2.75) is 52.0 Å². The van der Waals surface area contributed by atoms with E-state index in [1.54, 1.807) is 12.1 Å². The van der Waals surface area contributed by atoms with Crippen LogP contribution in [0.15, 0.2) is 48.5 Å². The molecule has 10 heteroatoms. The van der Waals surface area contributed by atoms with Crippen molar-refractivity contribution in [3.8, 4) is 0 Å². The van der Waals surface area contributed by atoms with Gasteiger partial charge in [0.05, 0.1) is 24.5 Å². The van der Waals surface area contributed by atoms with E-state index in [1.807, 2.05) is 12.1 Å². The third kappa shape index (κ3) is 10.6. The summed E-state index contributed by atoms with van der Waals surface area (Å²) in [6.45, 7) is 10.9. The molecule has 0 spiro atoms. The van der Waals surface area contributed by atoms with Crippen molar-refractivity contribution in [1.82, 2.24) is 15.1 Å². The van der Waals surface area contributed by atoms with Crippen molar-refractivity contribution in [1.29, 1.82) is 0 Å². The lowest BCUT2D eigenvalue weighted by atomic mass is 10.1. The van der Waals surface area contributed by atoms with E-state index >= 15 is 0 Å². The fourth-order valence-electron chi connectivity index (χ4n) is 5.60. The molecule has 0 unspecified atom stereocenters. The Bertz CT molecular complexity index is 1200. The van der Waals surface area contributed by atoms with Gasteiger partial charge in [0.25, 0.3) is 5.91 Å². The van der Waals surface area contributed by atoms with Crippen LogP contribution in [0.2, 0.25) is 0 Å². The number of rotatable bonds is 16. The number of benzene rings is 2. The summed E-state index contributed by atoms with van der Waals surface area (Å²) < 4.78 is 33.8. The van der Waals surface area contributed by atoms with E-state index in [1.165, 1.54) is 18.4 Å². The molecule has 42 heavy (non-hydrogen) atoms. The third-order valence-corrected chi connectivity index (χ3v) is 9.43. The molecule has 2 saturated heterocycles. The summed E-state index contributed by atoms with van der Waals surface area (Å²) in [7, 11) is -3.50. The van der Waals surface area contributed by atoms with Gasteiger partial charge in [0.1, 0.15) is 0 Å². The lowest BCUT2D eigenvalue weighted by Crippen LogP contribution is -2.46. The Balaban J connectivity index is 1.40. The number of carbonyl (C=O) groups excluding carboxylic acids is 1. The molecule has 232 valence electrons. The standard InChI is InChI=1S/C32H49N5O4S/c1-2-3-4-5-6-10-25-42(39,40)34-29-13-14-31(30(26-29)32(38)33-15-16-35-21-23-41-24-22-35)37-19-17-36(18-20-37)27-28-11-8-7-9-12-28/h7-9,11-14,26,34H,2-6,10,15-25,27H2,1H3,(H,33,38). The highest BCUT2D eigenvalue weighted by atomic mass is 32.2. The van der Waals surface area contributed by atoms with E-state index in [-0.39, 0.29) is 11.7 Å². The van der Waals surface area contributed by atoms with E-state index in [2.05, 4.69) is 55.9 Å². The summed E-state index contributed by atoms with van der Waals surface area (Å²) in [6, 6.07) is 15.9. The van der Waals surface area contributed by atoms with Crippen LogP contribution in [0.25, 0.3) is 0 Å². The van der Waals surface area contributed by atoms with Gasteiger partial charge in [-0.3, -0.25) is 19.3 Å². The minimum absolute atomic E-state index is 0.0886. The lowest BCUT2D eigenvalue weighted by Gasteiger charge is -2.37. The van der Waals surface area contributed by atoms with E-state index in [9.17, 15) is 13.2 Å². The Morgan fingerprint density at radius 1 is 0.857 bits per heavy atom. The molecule has 0 atom stereocenters.